The number of amides is 1. The molecular weight excluding hydrogens is 362 g/mol. The summed E-state index contributed by atoms with van der Waals surface area (Å²) < 4.78 is 6.92. The van der Waals surface area contributed by atoms with Crippen molar-refractivity contribution in [1.29, 1.82) is 0 Å². The van der Waals surface area contributed by atoms with Crippen LogP contribution in [0.15, 0.2) is 60.7 Å². The van der Waals surface area contributed by atoms with Crippen LogP contribution in [0.4, 0.5) is 5.82 Å². The molecule has 0 bridgehead atoms. The van der Waals surface area contributed by atoms with Crippen LogP contribution in [0.25, 0.3) is 6.08 Å². The fourth-order valence-corrected chi connectivity index (χ4v) is 2.77. The first kappa shape index (κ1) is 18.7. The Morgan fingerprint density at radius 2 is 1.96 bits per heavy atom. The second-order valence-corrected chi connectivity index (χ2v) is 6.42. The number of nitrogens with one attached hydrogen (secondary N) is 1. The van der Waals surface area contributed by atoms with Crippen LogP contribution < -0.4 is 10.1 Å². The van der Waals surface area contributed by atoms with Gasteiger partial charge in [0.05, 0.1) is 13.7 Å². The number of hydrogen-bond donors (Lipinski definition) is 1. The molecule has 6 heteroatoms. The maximum absolute atomic E-state index is 12.1. The van der Waals surface area contributed by atoms with Gasteiger partial charge >= 0.3 is 0 Å². The van der Waals surface area contributed by atoms with Gasteiger partial charge in [0, 0.05) is 22.9 Å². The summed E-state index contributed by atoms with van der Waals surface area (Å²) in [5.41, 5.74) is 2.82. The Balaban J connectivity index is 1.64. The van der Waals surface area contributed by atoms with Gasteiger partial charge < -0.3 is 10.1 Å². The monoisotopic (exact) mass is 381 g/mol. The SMILES string of the molecule is COc1ccc(/C=C/C(=O)Nc2cc(C)n(Cc3ccccc3Cl)n2)cc1. The van der Waals surface area contributed by atoms with E-state index in [4.69, 9.17) is 16.3 Å². The molecule has 138 valence electrons. The summed E-state index contributed by atoms with van der Waals surface area (Å²) in [4.78, 5) is 12.1. The highest BCUT2D eigenvalue weighted by atomic mass is 35.5. The summed E-state index contributed by atoms with van der Waals surface area (Å²) in [5.74, 6) is 1.04. The number of ether oxygens (including phenoxy) is 1. The lowest BCUT2D eigenvalue weighted by Crippen LogP contribution is -2.09. The molecule has 27 heavy (non-hydrogen) atoms. The highest BCUT2D eigenvalue weighted by Gasteiger charge is 2.08. The summed E-state index contributed by atoms with van der Waals surface area (Å²) in [6.45, 7) is 2.48. The number of aryl methyl sites for hydroxylation is 1. The molecule has 1 amide bonds. The molecule has 5 nitrogen and oxygen atoms in total. The molecule has 0 unspecified atom stereocenters. The van der Waals surface area contributed by atoms with E-state index in [9.17, 15) is 4.79 Å². The molecule has 0 saturated heterocycles. The Bertz CT molecular complexity index is 962. The molecule has 0 fully saturated rings. The maximum atomic E-state index is 12.1. The Morgan fingerprint density at radius 3 is 2.67 bits per heavy atom. The van der Waals surface area contributed by atoms with Crippen molar-refractivity contribution in [2.45, 2.75) is 13.5 Å². The quantitative estimate of drug-likeness (QED) is 0.637. The maximum Gasteiger partial charge on any atom is 0.249 e. The van der Waals surface area contributed by atoms with Crippen LogP contribution in [0.5, 0.6) is 5.75 Å². The van der Waals surface area contributed by atoms with Gasteiger partial charge in [-0.15, -0.1) is 0 Å². The van der Waals surface area contributed by atoms with Crippen molar-refractivity contribution in [3.05, 3.63) is 82.5 Å². The number of aromatic nitrogens is 2. The van der Waals surface area contributed by atoms with Gasteiger partial charge in [0.15, 0.2) is 5.82 Å². The molecule has 0 aliphatic heterocycles. The lowest BCUT2D eigenvalue weighted by Gasteiger charge is -2.06. The van der Waals surface area contributed by atoms with Crippen LogP contribution in [0.1, 0.15) is 16.8 Å². The number of rotatable bonds is 6. The first-order valence-electron chi connectivity index (χ1n) is 8.46. The number of carbonyl (C=O) groups excluding carboxylic acids is 1. The molecule has 0 radical (unpaired) electrons. The standard InChI is InChI=1S/C21H20ClN3O2/c1-15-13-20(24-25(15)14-17-5-3-4-6-19(17)22)23-21(26)12-9-16-7-10-18(27-2)11-8-16/h3-13H,14H2,1-2H3,(H,23,24,26)/b12-9+. The minimum Gasteiger partial charge on any atom is -0.497 e. The first-order valence-corrected chi connectivity index (χ1v) is 8.84. The Kier molecular flexibility index (Phi) is 5.94. The molecule has 0 spiro atoms. The van der Waals surface area contributed by atoms with E-state index in [1.807, 2.05) is 66.2 Å². The fraction of sp³-hybridized carbons (Fsp3) is 0.143. The molecule has 2 aromatic carbocycles. The van der Waals surface area contributed by atoms with Crippen LogP contribution in [0.2, 0.25) is 5.02 Å². The van der Waals surface area contributed by atoms with Gasteiger partial charge in [-0.1, -0.05) is 41.9 Å². The van der Waals surface area contributed by atoms with Crippen molar-refractivity contribution >= 4 is 29.4 Å². The van der Waals surface area contributed by atoms with Crippen LogP contribution in [0.3, 0.4) is 0 Å². The Labute approximate surface area is 163 Å². The molecule has 3 rings (SSSR count). The lowest BCUT2D eigenvalue weighted by atomic mass is 10.2. The van der Waals surface area contributed by atoms with E-state index in [1.165, 1.54) is 6.08 Å². The topological polar surface area (TPSA) is 56.1 Å². The number of hydrogen-bond acceptors (Lipinski definition) is 3. The highest BCUT2D eigenvalue weighted by Crippen LogP contribution is 2.18. The second kappa shape index (κ2) is 8.56. The third kappa shape index (κ3) is 4.99. The van der Waals surface area contributed by atoms with Crippen LogP contribution >= 0.6 is 11.6 Å². The van der Waals surface area contributed by atoms with E-state index in [0.29, 0.717) is 17.4 Å². The largest absolute Gasteiger partial charge is 0.497 e. The molecule has 3 aromatic rings. The van der Waals surface area contributed by atoms with E-state index in [0.717, 1.165) is 22.6 Å². The van der Waals surface area contributed by atoms with Crippen LogP contribution in [-0.2, 0) is 11.3 Å². The Hall–Kier alpha value is -3.05. The summed E-state index contributed by atoms with van der Waals surface area (Å²) in [5, 5.41) is 7.92. The zero-order valence-corrected chi connectivity index (χ0v) is 15.9. The van der Waals surface area contributed by atoms with Crippen molar-refractivity contribution < 1.29 is 9.53 Å². The molecule has 0 aliphatic rings. The van der Waals surface area contributed by atoms with E-state index in [-0.39, 0.29) is 5.91 Å². The fourth-order valence-electron chi connectivity index (χ4n) is 2.57. The van der Waals surface area contributed by atoms with E-state index in [2.05, 4.69) is 10.4 Å². The average molecular weight is 382 g/mol. The highest BCUT2D eigenvalue weighted by molar-refractivity contribution is 6.31. The molecule has 1 N–H and O–H groups in total. The Morgan fingerprint density at radius 1 is 1.22 bits per heavy atom. The normalized spacial score (nSPS) is 10.9. The number of nitrogens with zero attached hydrogens (tertiary/aromatic N) is 2. The number of anilines is 1. The van der Waals surface area contributed by atoms with E-state index in [1.54, 1.807) is 13.2 Å². The second-order valence-electron chi connectivity index (χ2n) is 6.02. The van der Waals surface area contributed by atoms with Gasteiger partial charge in [-0.3, -0.25) is 9.48 Å². The van der Waals surface area contributed by atoms with Crippen molar-refractivity contribution in [3.63, 3.8) is 0 Å². The first-order chi connectivity index (χ1) is 13.0. The zero-order valence-electron chi connectivity index (χ0n) is 15.1. The third-order valence-corrected chi connectivity index (χ3v) is 4.42. The number of methoxy groups -OCH3 is 1. The van der Waals surface area contributed by atoms with Crippen LogP contribution in [0, 0.1) is 6.92 Å². The summed E-state index contributed by atoms with van der Waals surface area (Å²) in [6, 6.07) is 16.9. The minimum atomic E-state index is -0.242. The molecule has 1 aromatic heterocycles. The summed E-state index contributed by atoms with van der Waals surface area (Å²) >= 11 is 6.21. The third-order valence-electron chi connectivity index (χ3n) is 4.05. The molecule has 0 saturated carbocycles. The average Bonchev–Trinajstić information content (AvgIpc) is 3.01. The van der Waals surface area contributed by atoms with Gasteiger partial charge in [-0.05, 0) is 42.3 Å². The van der Waals surface area contributed by atoms with Crippen molar-refractivity contribution in [2.75, 3.05) is 12.4 Å². The van der Waals surface area contributed by atoms with Gasteiger partial charge in [-0.25, -0.2) is 0 Å². The minimum absolute atomic E-state index is 0.242. The zero-order chi connectivity index (χ0) is 19.2. The lowest BCUT2D eigenvalue weighted by molar-refractivity contribution is -0.111. The number of halogens is 1. The number of benzene rings is 2. The molecular formula is C21H20ClN3O2. The van der Waals surface area contributed by atoms with Crippen molar-refractivity contribution in [2.24, 2.45) is 0 Å². The smallest absolute Gasteiger partial charge is 0.249 e. The summed E-state index contributed by atoms with van der Waals surface area (Å²) in [7, 11) is 1.62. The van der Waals surface area contributed by atoms with Crippen molar-refractivity contribution in [1.82, 2.24) is 9.78 Å². The summed E-state index contributed by atoms with van der Waals surface area (Å²) in [6.07, 6.45) is 3.21. The van der Waals surface area contributed by atoms with Gasteiger partial charge in [0.25, 0.3) is 0 Å². The predicted octanol–water partition coefficient (Wildman–Crippen LogP) is 4.55. The molecule has 1 heterocycles. The predicted molar refractivity (Wildman–Crippen MR) is 108 cm³/mol. The van der Waals surface area contributed by atoms with E-state index < -0.39 is 0 Å². The van der Waals surface area contributed by atoms with Gasteiger partial charge in [-0.2, -0.15) is 5.10 Å². The molecule has 0 aliphatic carbocycles. The molecule has 0 atom stereocenters. The van der Waals surface area contributed by atoms with Gasteiger partial charge in [0.1, 0.15) is 5.75 Å². The van der Waals surface area contributed by atoms with E-state index >= 15 is 0 Å². The van der Waals surface area contributed by atoms with Crippen LogP contribution in [-0.4, -0.2) is 22.8 Å². The van der Waals surface area contributed by atoms with Crippen molar-refractivity contribution in [3.8, 4) is 5.75 Å². The number of carbonyl (C=O) groups is 1. The van der Waals surface area contributed by atoms with Gasteiger partial charge in [0.2, 0.25) is 5.91 Å².